The molecule has 1 saturated carbocycles. The number of aromatic nitrogens is 2. The Morgan fingerprint density at radius 2 is 2.21 bits per heavy atom. The van der Waals surface area contributed by atoms with E-state index in [0.717, 1.165) is 11.3 Å². The van der Waals surface area contributed by atoms with Crippen molar-refractivity contribution < 1.29 is 0 Å². The van der Waals surface area contributed by atoms with Crippen molar-refractivity contribution in [1.82, 2.24) is 9.55 Å². The first kappa shape index (κ1) is 13.0. The lowest BCUT2D eigenvalue weighted by atomic mass is 9.87. The van der Waals surface area contributed by atoms with Crippen molar-refractivity contribution in [3.8, 4) is 0 Å². The zero-order valence-corrected chi connectivity index (χ0v) is 12.7. The van der Waals surface area contributed by atoms with E-state index in [0.29, 0.717) is 17.3 Å². The summed E-state index contributed by atoms with van der Waals surface area (Å²) in [5, 5.41) is 0. The summed E-state index contributed by atoms with van der Waals surface area (Å²) in [6.45, 7) is 6.84. The fourth-order valence-corrected chi connectivity index (χ4v) is 3.68. The van der Waals surface area contributed by atoms with E-state index in [1.807, 2.05) is 0 Å². The van der Waals surface area contributed by atoms with Crippen molar-refractivity contribution in [3.05, 3.63) is 29.6 Å². The Balaban J connectivity index is 2.21. The Kier molecular flexibility index (Phi) is 3.09. The molecule has 1 atom stereocenters. The minimum atomic E-state index is 0.333. The lowest BCUT2D eigenvalue weighted by molar-refractivity contribution is 0.262. The average molecular weight is 277 g/mol. The maximum Gasteiger partial charge on any atom is 0.125 e. The molecule has 1 aliphatic rings. The summed E-state index contributed by atoms with van der Waals surface area (Å²) in [5.41, 5.74) is 3.91. The highest BCUT2D eigenvalue weighted by Gasteiger charge is 2.37. The molecule has 2 aromatic rings. The van der Waals surface area contributed by atoms with Gasteiger partial charge in [0, 0.05) is 6.04 Å². The Morgan fingerprint density at radius 3 is 2.84 bits per heavy atom. The van der Waals surface area contributed by atoms with Gasteiger partial charge in [-0.2, -0.15) is 0 Å². The lowest BCUT2D eigenvalue weighted by Crippen LogP contribution is -2.22. The van der Waals surface area contributed by atoms with E-state index in [2.05, 4.69) is 43.5 Å². The van der Waals surface area contributed by atoms with Crippen molar-refractivity contribution in [1.29, 1.82) is 0 Å². The maximum absolute atomic E-state index is 6.13. The number of hydrogen-bond acceptors (Lipinski definition) is 1. The van der Waals surface area contributed by atoms with Gasteiger partial charge in [0.05, 0.1) is 16.9 Å². The monoisotopic (exact) mass is 276 g/mol. The predicted molar refractivity (Wildman–Crippen MR) is 80.7 cm³/mol. The lowest BCUT2D eigenvalue weighted by Gasteiger charge is -2.30. The molecule has 0 N–H and O–H groups in total. The van der Waals surface area contributed by atoms with Crippen molar-refractivity contribution in [2.75, 3.05) is 0 Å². The van der Waals surface area contributed by atoms with Crippen molar-refractivity contribution >= 4 is 22.6 Å². The molecule has 1 aromatic carbocycles. The zero-order valence-electron chi connectivity index (χ0n) is 11.9. The molecule has 102 valence electrons. The van der Waals surface area contributed by atoms with Crippen LogP contribution in [0.1, 0.15) is 50.5 Å². The number of benzene rings is 1. The zero-order chi connectivity index (χ0) is 13.6. The van der Waals surface area contributed by atoms with Crippen LogP contribution in [-0.2, 0) is 5.88 Å². The van der Waals surface area contributed by atoms with Crippen LogP contribution in [0.5, 0.6) is 0 Å². The molecule has 1 aliphatic carbocycles. The van der Waals surface area contributed by atoms with Gasteiger partial charge in [0.25, 0.3) is 0 Å². The normalized spacial score (nSPS) is 22.2. The second-order valence-electron chi connectivity index (χ2n) is 6.42. The summed E-state index contributed by atoms with van der Waals surface area (Å²) in [7, 11) is 0. The second kappa shape index (κ2) is 4.52. The quantitative estimate of drug-likeness (QED) is 0.718. The molecule has 1 heterocycles. The number of hydrogen-bond donors (Lipinski definition) is 0. The van der Waals surface area contributed by atoms with E-state index in [4.69, 9.17) is 16.6 Å². The second-order valence-corrected chi connectivity index (χ2v) is 6.69. The Labute approximate surface area is 119 Å². The average Bonchev–Trinajstić information content (AvgIpc) is 2.87. The summed E-state index contributed by atoms with van der Waals surface area (Å²) >= 11 is 6.13. The van der Waals surface area contributed by atoms with Crippen LogP contribution in [0.3, 0.4) is 0 Å². The number of rotatable bonds is 2. The number of alkyl halides is 1. The molecule has 2 nitrogen and oxygen atoms in total. The van der Waals surface area contributed by atoms with E-state index in [9.17, 15) is 0 Å². The fourth-order valence-electron chi connectivity index (χ4n) is 3.49. The van der Waals surface area contributed by atoms with Crippen molar-refractivity contribution in [2.45, 2.75) is 52.0 Å². The molecule has 0 spiro atoms. The Bertz CT molecular complexity index is 612. The summed E-state index contributed by atoms with van der Waals surface area (Å²) in [6, 6.07) is 7.04. The molecular weight excluding hydrogens is 256 g/mol. The summed E-state index contributed by atoms with van der Waals surface area (Å²) in [6.07, 6.45) is 3.81. The van der Waals surface area contributed by atoms with E-state index in [1.165, 1.54) is 30.3 Å². The minimum absolute atomic E-state index is 0.333. The van der Waals surface area contributed by atoms with Crippen LogP contribution >= 0.6 is 11.6 Å². The molecule has 1 aromatic heterocycles. The number of aryl methyl sites for hydroxylation is 1. The van der Waals surface area contributed by atoms with Crippen molar-refractivity contribution in [3.63, 3.8) is 0 Å². The van der Waals surface area contributed by atoms with Crippen LogP contribution < -0.4 is 0 Å². The highest BCUT2D eigenvalue weighted by Crippen LogP contribution is 2.47. The molecule has 1 unspecified atom stereocenters. The van der Waals surface area contributed by atoms with Crippen LogP contribution in [0.2, 0.25) is 0 Å². The molecule has 3 rings (SSSR count). The molecule has 0 aliphatic heterocycles. The highest BCUT2D eigenvalue weighted by atomic mass is 35.5. The van der Waals surface area contributed by atoms with Gasteiger partial charge in [-0.25, -0.2) is 4.98 Å². The molecule has 0 radical (unpaired) electrons. The number of imidazole rings is 1. The van der Waals surface area contributed by atoms with Gasteiger partial charge in [-0.15, -0.1) is 11.6 Å². The van der Waals surface area contributed by atoms with Gasteiger partial charge in [-0.3, -0.25) is 0 Å². The third kappa shape index (κ3) is 2.06. The Morgan fingerprint density at radius 1 is 1.42 bits per heavy atom. The van der Waals surface area contributed by atoms with Crippen LogP contribution in [-0.4, -0.2) is 9.55 Å². The van der Waals surface area contributed by atoms with E-state index in [-0.39, 0.29) is 0 Å². The smallest absolute Gasteiger partial charge is 0.125 e. The van der Waals surface area contributed by atoms with Gasteiger partial charge >= 0.3 is 0 Å². The predicted octanol–water partition coefficient (Wildman–Crippen LogP) is 4.83. The number of nitrogens with zero attached hydrogens (tertiary/aromatic N) is 2. The molecule has 0 saturated heterocycles. The van der Waals surface area contributed by atoms with Crippen molar-refractivity contribution in [2.24, 2.45) is 5.41 Å². The topological polar surface area (TPSA) is 17.8 Å². The molecule has 19 heavy (non-hydrogen) atoms. The summed E-state index contributed by atoms with van der Waals surface area (Å²) in [4.78, 5) is 4.73. The van der Waals surface area contributed by atoms with E-state index < -0.39 is 0 Å². The van der Waals surface area contributed by atoms with Gasteiger partial charge in [0.2, 0.25) is 0 Å². The van der Waals surface area contributed by atoms with E-state index in [1.54, 1.807) is 0 Å². The number of fused-ring (bicyclic) bond motifs is 1. The first-order valence-corrected chi connectivity index (χ1v) is 7.60. The largest absolute Gasteiger partial charge is 0.323 e. The first-order chi connectivity index (χ1) is 9.03. The minimum Gasteiger partial charge on any atom is -0.323 e. The third-order valence-electron chi connectivity index (χ3n) is 4.55. The van der Waals surface area contributed by atoms with Crippen LogP contribution in [0.25, 0.3) is 11.0 Å². The molecule has 0 amide bonds. The highest BCUT2D eigenvalue weighted by molar-refractivity contribution is 6.16. The van der Waals surface area contributed by atoms with Gasteiger partial charge in [-0.1, -0.05) is 26.3 Å². The molecule has 3 heteroatoms. The maximum atomic E-state index is 6.13. The summed E-state index contributed by atoms with van der Waals surface area (Å²) < 4.78 is 2.40. The molecule has 0 bridgehead atoms. The van der Waals surface area contributed by atoms with Gasteiger partial charge < -0.3 is 4.57 Å². The van der Waals surface area contributed by atoms with E-state index >= 15 is 0 Å². The van der Waals surface area contributed by atoms with Crippen LogP contribution in [0.15, 0.2) is 18.2 Å². The molecular formula is C16H21ClN2. The summed E-state index contributed by atoms with van der Waals surface area (Å²) in [5.74, 6) is 1.50. The Hall–Kier alpha value is -1.02. The number of halogens is 1. The van der Waals surface area contributed by atoms with Gasteiger partial charge in [0.1, 0.15) is 5.82 Å². The van der Waals surface area contributed by atoms with Gasteiger partial charge in [-0.05, 0) is 42.9 Å². The van der Waals surface area contributed by atoms with Gasteiger partial charge in [0.15, 0.2) is 0 Å². The standard InChI is InChI=1S/C16H21ClN2/c1-11-6-7-13-12(9-11)18-15(10-17)19(13)14-5-4-8-16(14,2)3/h6-7,9,14H,4-5,8,10H2,1-3H3. The fraction of sp³-hybridized carbons (Fsp3) is 0.562. The SMILES string of the molecule is Cc1ccc2c(c1)nc(CCl)n2C1CCCC1(C)C. The van der Waals surface area contributed by atoms with Crippen LogP contribution in [0, 0.1) is 12.3 Å². The first-order valence-electron chi connectivity index (χ1n) is 7.06. The molecule has 1 fully saturated rings. The van der Waals surface area contributed by atoms with Crippen LogP contribution in [0.4, 0.5) is 0 Å². The third-order valence-corrected chi connectivity index (χ3v) is 4.79.